The summed E-state index contributed by atoms with van der Waals surface area (Å²) in [6.07, 6.45) is 5.93. The van der Waals surface area contributed by atoms with Crippen LogP contribution in [-0.4, -0.2) is 33.5 Å². The summed E-state index contributed by atoms with van der Waals surface area (Å²) >= 11 is 0. The van der Waals surface area contributed by atoms with Gasteiger partial charge in [-0.25, -0.2) is 9.67 Å². The van der Waals surface area contributed by atoms with Gasteiger partial charge in [0.2, 0.25) is 0 Å². The van der Waals surface area contributed by atoms with Crippen molar-refractivity contribution in [1.29, 1.82) is 0 Å². The van der Waals surface area contributed by atoms with Gasteiger partial charge in [0.25, 0.3) is 0 Å². The lowest BCUT2D eigenvalue weighted by atomic mass is 9.89. The van der Waals surface area contributed by atoms with Crippen LogP contribution >= 0.6 is 0 Å². The lowest BCUT2D eigenvalue weighted by Crippen LogP contribution is -2.40. The second-order valence-electron chi connectivity index (χ2n) is 5.18. The number of nitrogens with one attached hydrogen (secondary N) is 1. The van der Waals surface area contributed by atoms with Crippen LogP contribution in [0.3, 0.4) is 0 Å². The maximum absolute atomic E-state index is 5.58. The summed E-state index contributed by atoms with van der Waals surface area (Å²) in [6, 6.07) is 9.01. The molecule has 1 N–H and O–H groups in total. The quantitative estimate of drug-likeness (QED) is 0.876. The van der Waals surface area contributed by atoms with E-state index in [0.717, 1.165) is 26.0 Å². The molecule has 1 aliphatic rings. The lowest BCUT2D eigenvalue weighted by molar-refractivity contribution is 0.00299. The highest BCUT2D eigenvalue weighted by Gasteiger charge is 2.29. The second kappa shape index (κ2) is 6.05. The van der Waals surface area contributed by atoms with E-state index in [1.165, 1.54) is 11.3 Å². The Balaban J connectivity index is 1.55. The van der Waals surface area contributed by atoms with Crippen molar-refractivity contribution in [3.8, 4) is 0 Å². The first-order chi connectivity index (χ1) is 9.83. The number of rotatable bonds is 6. The molecule has 0 spiro atoms. The molecular weight excluding hydrogens is 252 g/mol. The monoisotopic (exact) mass is 272 g/mol. The van der Waals surface area contributed by atoms with Gasteiger partial charge in [0, 0.05) is 18.3 Å². The molecule has 20 heavy (non-hydrogen) atoms. The summed E-state index contributed by atoms with van der Waals surface area (Å²) < 4.78 is 7.41. The Bertz CT molecular complexity index is 535. The molecule has 1 fully saturated rings. The third kappa shape index (κ3) is 3.17. The van der Waals surface area contributed by atoms with Crippen molar-refractivity contribution in [1.82, 2.24) is 14.8 Å². The summed E-state index contributed by atoms with van der Waals surface area (Å²) in [7, 11) is 0. The van der Waals surface area contributed by atoms with Crippen LogP contribution in [0.5, 0.6) is 0 Å². The fraction of sp³-hybridized carbons (Fsp3) is 0.467. The minimum Gasteiger partial charge on any atom is -0.382 e. The number of ether oxygens (including phenoxy) is 1. The molecule has 0 amide bonds. The maximum atomic E-state index is 5.58. The Hall–Kier alpha value is -1.88. The predicted molar refractivity (Wildman–Crippen MR) is 77.6 cm³/mol. The molecule has 0 saturated heterocycles. The summed E-state index contributed by atoms with van der Waals surface area (Å²) in [4.78, 5) is 3.96. The summed E-state index contributed by atoms with van der Waals surface area (Å²) in [5.74, 6) is 0. The third-order valence-electron chi connectivity index (χ3n) is 3.61. The van der Waals surface area contributed by atoms with Gasteiger partial charge >= 0.3 is 0 Å². The van der Waals surface area contributed by atoms with Crippen LogP contribution in [0, 0.1) is 0 Å². The molecule has 1 saturated carbocycles. The Labute approximate surface area is 119 Å². The molecule has 0 aliphatic heterocycles. The van der Waals surface area contributed by atoms with E-state index in [9.17, 15) is 0 Å². The molecule has 3 rings (SSSR count). The highest BCUT2D eigenvalue weighted by Crippen LogP contribution is 2.27. The summed E-state index contributed by atoms with van der Waals surface area (Å²) in [5, 5.41) is 7.69. The maximum Gasteiger partial charge on any atom is 0.137 e. The zero-order chi connectivity index (χ0) is 13.8. The van der Waals surface area contributed by atoms with Crippen LogP contribution in [0.1, 0.15) is 25.3 Å². The van der Waals surface area contributed by atoms with Crippen molar-refractivity contribution >= 4 is 5.69 Å². The van der Waals surface area contributed by atoms with E-state index in [-0.39, 0.29) is 0 Å². The van der Waals surface area contributed by atoms with Gasteiger partial charge < -0.3 is 10.1 Å². The van der Waals surface area contributed by atoms with Gasteiger partial charge in [-0.1, -0.05) is 12.1 Å². The topological polar surface area (TPSA) is 52.0 Å². The number of aromatic nitrogens is 3. The molecular formula is C15H20N4O. The smallest absolute Gasteiger partial charge is 0.137 e. The van der Waals surface area contributed by atoms with Gasteiger partial charge in [0.05, 0.1) is 12.6 Å². The van der Waals surface area contributed by atoms with Gasteiger partial charge in [-0.05, 0) is 37.5 Å². The van der Waals surface area contributed by atoms with E-state index in [2.05, 4.69) is 39.7 Å². The number of anilines is 1. The molecule has 0 bridgehead atoms. The zero-order valence-electron chi connectivity index (χ0n) is 11.7. The Kier molecular flexibility index (Phi) is 3.97. The molecule has 5 heteroatoms. The summed E-state index contributed by atoms with van der Waals surface area (Å²) in [5.41, 5.74) is 2.39. The minimum absolute atomic E-state index is 0.441. The molecule has 2 aromatic rings. The first kappa shape index (κ1) is 13.1. The molecule has 0 atom stereocenters. The van der Waals surface area contributed by atoms with E-state index >= 15 is 0 Å². The standard InChI is InChI=1S/C15H20N4O/c1-2-20-15-7-14(8-15)18-13-5-3-4-12(6-13)9-19-11-16-10-17-19/h3-6,10-11,14-15,18H,2,7-9H2,1H3. The molecule has 106 valence electrons. The Morgan fingerprint density at radius 3 is 3.05 bits per heavy atom. The number of hydrogen-bond donors (Lipinski definition) is 1. The van der Waals surface area contributed by atoms with Crippen LogP contribution < -0.4 is 5.32 Å². The normalized spacial score (nSPS) is 21.4. The lowest BCUT2D eigenvalue weighted by Gasteiger charge is -2.36. The number of hydrogen-bond acceptors (Lipinski definition) is 4. The fourth-order valence-electron chi connectivity index (χ4n) is 2.55. The summed E-state index contributed by atoms with van der Waals surface area (Å²) in [6.45, 7) is 3.61. The second-order valence-corrected chi connectivity index (χ2v) is 5.18. The molecule has 0 unspecified atom stereocenters. The van der Waals surface area contributed by atoms with E-state index in [4.69, 9.17) is 4.74 Å². The van der Waals surface area contributed by atoms with Gasteiger partial charge in [0.1, 0.15) is 12.7 Å². The molecule has 5 nitrogen and oxygen atoms in total. The largest absolute Gasteiger partial charge is 0.382 e. The SMILES string of the molecule is CCOC1CC(Nc2cccc(Cn3cncn3)c2)C1. The van der Waals surface area contributed by atoms with Crippen LogP contribution in [0.4, 0.5) is 5.69 Å². The average molecular weight is 272 g/mol. The van der Waals surface area contributed by atoms with Crippen LogP contribution in [0.15, 0.2) is 36.9 Å². The van der Waals surface area contributed by atoms with Crippen molar-refractivity contribution in [3.05, 3.63) is 42.5 Å². The van der Waals surface area contributed by atoms with Crippen molar-refractivity contribution in [2.24, 2.45) is 0 Å². The van der Waals surface area contributed by atoms with Gasteiger partial charge in [0.15, 0.2) is 0 Å². The molecule has 1 aromatic carbocycles. The van der Waals surface area contributed by atoms with E-state index in [1.54, 1.807) is 12.7 Å². The van der Waals surface area contributed by atoms with E-state index in [0.29, 0.717) is 12.1 Å². The van der Waals surface area contributed by atoms with Crippen molar-refractivity contribution in [2.45, 2.75) is 38.5 Å². The van der Waals surface area contributed by atoms with Crippen molar-refractivity contribution in [2.75, 3.05) is 11.9 Å². The Morgan fingerprint density at radius 2 is 2.30 bits per heavy atom. The molecule has 0 radical (unpaired) electrons. The van der Waals surface area contributed by atoms with E-state index < -0.39 is 0 Å². The van der Waals surface area contributed by atoms with Crippen molar-refractivity contribution in [3.63, 3.8) is 0 Å². The Morgan fingerprint density at radius 1 is 1.40 bits per heavy atom. The van der Waals surface area contributed by atoms with Crippen LogP contribution in [-0.2, 0) is 11.3 Å². The number of nitrogens with zero attached hydrogens (tertiary/aromatic N) is 3. The predicted octanol–water partition coefficient (Wildman–Crippen LogP) is 2.31. The van der Waals surface area contributed by atoms with Gasteiger partial charge in [-0.15, -0.1) is 0 Å². The minimum atomic E-state index is 0.441. The molecule has 1 heterocycles. The highest BCUT2D eigenvalue weighted by molar-refractivity contribution is 5.47. The van der Waals surface area contributed by atoms with Gasteiger partial charge in [-0.2, -0.15) is 5.10 Å². The van der Waals surface area contributed by atoms with Gasteiger partial charge in [-0.3, -0.25) is 0 Å². The first-order valence-electron chi connectivity index (χ1n) is 7.13. The first-order valence-corrected chi connectivity index (χ1v) is 7.13. The number of benzene rings is 1. The van der Waals surface area contributed by atoms with Crippen LogP contribution in [0.25, 0.3) is 0 Å². The molecule has 1 aromatic heterocycles. The zero-order valence-corrected chi connectivity index (χ0v) is 11.7. The average Bonchev–Trinajstić information content (AvgIpc) is 2.90. The van der Waals surface area contributed by atoms with E-state index in [1.807, 2.05) is 11.6 Å². The fourth-order valence-corrected chi connectivity index (χ4v) is 2.55. The highest BCUT2D eigenvalue weighted by atomic mass is 16.5. The molecule has 1 aliphatic carbocycles. The van der Waals surface area contributed by atoms with Crippen molar-refractivity contribution < 1.29 is 4.74 Å². The third-order valence-corrected chi connectivity index (χ3v) is 3.61. The van der Waals surface area contributed by atoms with Crippen LogP contribution in [0.2, 0.25) is 0 Å².